The molecule has 0 saturated heterocycles. The number of hydrogen-bond donors (Lipinski definition) is 2. The molecule has 0 radical (unpaired) electrons. The Bertz CT molecular complexity index is 212. The Morgan fingerprint density at radius 1 is 1.25 bits per heavy atom. The Morgan fingerprint density at radius 3 is 2.50 bits per heavy atom. The van der Waals surface area contributed by atoms with Crippen molar-refractivity contribution in [2.45, 2.75) is 58.3 Å². The molecule has 1 saturated carbocycles. The minimum absolute atomic E-state index is 0.223. The van der Waals surface area contributed by atoms with Crippen LogP contribution in [0, 0.1) is 5.41 Å². The van der Waals surface area contributed by atoms with Gasteiger partial charge in [0.1, 0.15) is 0 Å². The standard InChI is InChI=1S/C13H26N2O/c1-13(8-6-9-13)11-15-12(16)7-4-2-3-5-10-14/h2-11,14H2,1H3,(H,15,16). The fourth-order valence-electron chi connectivity index (χ4n) is 2.14. The Morgan fingerprint density at radius 2 is 1.94 bits per heavy atom. The van der Waals surface area contributed by atoms with E-state index in [4.69, 9.17) is 5.73 Å². The molecule has 0 aromatic carbocycles. The van der Waals surface area contributed by atoms with E-state index in [0.717, 1.165) is 38.8 Å². The van der Waals surface area contributed by atoms with Crippen LogP contribution in [0.2, 0.25) is 0 Å². The lowest BCUT2D eigenvalue weighted by Gasteiger charge is -2.38. The lowest BCUT2D eigenvalue weighted by Crippen LogP contribution is -2.39. The van der Waals surface area contributed by atoms with Gasteiger partial charge in [-0.2, -0.15) is 0 Å². The fraction of sp³-hybridized carbons (Fsp3) is 0.923. The molecule has 0 bridgehead atoms. The van der Waals surface area contributed by atoms with Gasteiger partial charge in [0.2, 0.25) is 5.91 Å². The summed E-state index contributed by atoms with van der Waals surface area (Å²) >= 11 is 0. The minimum Gasteiger partial charge on any atom is -0.356 e. The zero-order chi connectivity index (χ0) is 11.9. The molecular weight excluding hydrogens is 200 g/mol. The second kappa shape index (κ2) is 6.89. The van der Waals surface area contributed by atoms with Crippen molar-refractivity contribution < 1.29 is 4.79 Å². The highest BCUT2D eigenvalue weighted by Crippen LogP contribution is 2.39. The van der Waals surface area contributed by atoms with E-state index in [0.29, 0.717) is 11.8 Å². The van der Waals surface area contributed by atoms with Crippen LogP contribution in [-0.4, -0.2) is 19.0 Å². The Hall–Kier alpha value is -0.570. The lowest BCUT2D eigenvalue weighted by atomic mass is 9.70. The van der Waals surface area contributed by atoms with Gasteiger partial charge in [-0.1, -0.05) is 26.2 Å². The van der Waals surface area contributed by atoms with E-state index in [1.807, 2.05) is 0 Å². The maximum absolute atomic E-state index is 11.5. The van der Waals surface area contributed by atoms with E-state index in [9.17, 15) is 4.79 Å². The van der Waals surface area contributed by atoms with Gasteiger partial charge in [-0.25, -0.2) is 0 Å². The molecule has 16 heavy (non-hydrogen) atoms. The van der Waals surface area contributed by atoms with E-state index in [2.05, 4.69) is 12.2 Å². The van der Waals surface area contributed by atoms with Crippen molar-refractivity contribution in [1.82, 2.24) is 5.32 Å². The molecule has 3 heteroatoms. The first-order valence-electron chi connectivity index (χ1n) is 6.63. The number of carbonyl (C=O) groups excluding carboxylic acids is 1. The maximum atomic E-state index is 11.5. The van der Waals surface area contributed by atoms with Crippen LogP contribution >= 0.6 is 0 Å². The number of carbonyl (C=O) groups is 1. The number of unbranched alkanes of at least 4 members (excludes halogenated alkanes) is 3. The number of amides is 1. The normalized spacial score (nSPS) is 17.9. The molecule has 3 N–H and O–H groups in total. The van der Waals surface area contributed by atoms with Crippen LogP contribution in [0.4, 0.5) is 0 Å². The molecule has 0 aromatic heterocycles. The Labute approximate surface area is 99.2 Å². The van der Waals surface area contributed by atoms with Gasteiger partial charge in [0.05, 0.1) is 0 Å². The summed E-state index contributed by atoms with van der Waals surface area (Å²) in [4.78, 5) is 11.5. The number of rotatable bonds is 8. The first-order valence-corrected chi connectivity index (χ1v) is 6.63. The van der Waals surface area contributed by atoms with Gasteiger partial charge in [0.25, 0.3) is 0 Å². The molecule has 0 unspecified atom stereocenters. The second-order valence-electron chi connectivity index (χ2n) is 5.39. The maximum Gasteiger partial charge on any atom is 0.220 e. The van der Waals surface area contributed by atoms with Crippen molar-refractivity contribution >= 4 is 5.91 Å². The molecule has 3 nitrogen and oxygen atoms in total. The molecule has 0 atom stereocenters. The summed E-state index contributed by atoms with van der Waals surface area (Å²) in [5.74, 6) is 0.223. The van der Waals surface area contributed by atoms with Gasteiger partial charge in [-0.3, -0.25) is 4.79 Å². The summed E-state index contributed by atoms with van der Waals surface area (Å²) < 4.78 is 0. The fourth-order valence-corrected chi connectivity index (χ4v) is 2.14. The summed E-state index contributed by atoms with van der Waals surface area (Å²) in [6.07, 6.45) is 8.91. The molecule has 1 amide bonds. The average Bonchev–Trinajstić information content (AvgIpc) is 2.23. The molecule has 1 aliphatic carbocycles. The van der Waals surface area contributed by atoms with Crippen LogP contribution in [0.1, 0.15) is 58.3 Å². The van der Waals surface area contributed by atoms with Crippen molar-refractivity contribution in [3.63, 3.8) is 0 Å². The van der Waals surface area contributed by atoms with Crippen LogP contribution in [0.3, 0.4) is 0 Å². The van der Waals surface area contributed by atoms with E-state index < -0.39 is 0 Å². The summed E-state index contributed by atoms with van der Waals surface area (Å²) in [5, 5.41) is 3.05. The lowest BCUT2D eigenvalue weighted by molar-refractivity contribution is -0.122. The highest BCUT2D eigenvalue weighted by Gasteiger charge is 2.31. The van der Waals surface area contributed by atoms with Crippen LogP contribution in [0.25, 0.3) is 0 Å². The van der Waals surface area contributed by atoms with Gasteiger partial charge in [-0.05, 0) is 37.6 Å². The third-order valence-corrected chi connectivity index (χ3v) is 3.63. The van der Waals surface area contributed by atoms with E-state index >= 15 is 0 Å². The van der Waals surface area contributed by atoms with E-state index in [1.54, 1.807) is 0 Å². The summed E-state index contributed by atoms with van der Waals surface area (Å²) in [7, 11) is 0. The molecule has 0 heterocycles. The van der Waals surface area contributed by atoms with Gasteiger partial charge >= 0.3 is 0 Å². The quantitative estimate of drug-likeness (QED) is 0.623. The highest BCUT2D eigenvalue weighted by molar-refractivity contribution is 5.75. The van der Waals surface area contributed by atoms with E-state index in [-0.39, 0.29) is 5.91 Å². The largest absolute Gasteiger partial charge is 0.356 e. The van der Waals surface area contributed by atoms with E-state index in [1.165, 1.54) is 19.3 Å². The molecule has 94 valence electrons. The van der Waals surface area contributed by atoms with Crippen molar-refractivity contribution in [2.75, 3.05) is 13.1 Å². The molecule has 1 aliphatic rings. The number of hydrogen-bond acceptors (Lipinski definition) is 2. The van der Waals surface area contributed by atoms with Gasteiger partial charge in [-0.15, -0.1) is 0 Å². The number of nitrogens with one attached hydrogen (secondary N) is 1. The number of nitrogens with two attached hydrogens (primary N) is 1. The highest BCUT2D eigenvalue weighted by atomic mass is 16.1. The summed E-state index contributed by atoms with van der Waals surface area (Å²) in [6, 6.07) is 0. The van der Waals surface area contributed by atoms with Crippen LogP contribution in [-0.2, 0) is 4.79 Å². The van der Waals surface area contributed by atoms with Crippen LogP contribution in [0.5, 0.6) is 0 Å². The molecule has 1 rings (SSSR count). The molecule has 0 spiro atoms. The second-order valence-corrected chi connectivity index (χ2v) is 5.39. The molecule has 1 fully saturated rings. The topological polar surface area (TPSA) is 55.1 Å². The zero-order valence-corrected chi connectivity index (χ0v) is 10.6. The predicted octanol–water partition coefficient (Wildman–Crippen LogP) is 2.20. The predicted molar refractivity (Wildman–Crippen MR) is 67.1 cm³/mol. The van der Waals surface area contributed by atoms with Crippen molar-refractivity contribution in [3.05, 3.63) is 0 Å². The zero-order valence-electron chi connectivity index (χ0n) is 10.6. The SMILES string of the molecule is CC1(CNC(=O)CCCCCCN)CCC1. The van der Waals surface area contributed by atoms with Crippen molar-refractivity contribution in [3.8, 4) is 0 Å². The molecule has 0 aliphatic heterocycles. The van der Waals surface area contributed by atoms with Crippen molar-refractivity contribution in [1.29, 1.82) is 0 Å². The smallest absolute Gasteiger partial charge is 0.220 e. The monoisotopic (exact) mass is 226 g/mol. The van der Waals surface area contributed by atoms with Crippen LogP contribution in [0.15, 0.2) is 0 Å². The third-order valence-electron chi connectivity index (χ3n) is 3.63. The molecular formula is C13H26N2O. The summed E-state index contributed by atoms with van der Waals surface area (Å²) in [6.45, 7) is 3.90. The van der Waals surface area contributed by atoms with Gasteiger partial charge in [0.15, 0.2) is 0 Å². The third kappa shape index (κ3) is 4.97. The van der Waals surface area contributed by atoms with Crippen LogP contribution < -0.4 is 11.1 Å². The first kappa shape index (κ1) is 13.5. The summed E-state index contributed by atoms with van der Waals surface area (Å²) in [5.41, 5.74) is 5.81. The average molecular weight is 226 g/mol. The minimum atomic E-state index is 0.223. The molecule has 0 aromatic rings. The van der Waals surface area contributed by atoms with Gasteiger partial charge in [0, 0.05) is 13.0 Å². The Kier molecular flexibility index (Phi) is 5.81. The van der Waals surface area contributed by atoms with Gasteiger partial charge < -0.3 is 11.1 Å². The Balaban J connectivity index is 1.94. The van der Waals surface area contributed by atoms with Crippen molar-refractivity contribution in [2.24, 2.45) is 11.1 Å². The first-order chi connectivity index (χ1) is 7.66.